The van der Waals surface area contributed by atoms with Crippen LogP contribution in [0.2, 0.25) is 0 Å². The van der Waals surface area contributed by atoms with Gasteiger partial charge in [0, 0.05) is 6.42 Å². The van der Waals surface area contributed by atoms with Crippen LogP contribution < -0.4 is 0 Å². The third-order valence-electron chi connectivity index (χ3n) is 2.38. The monoisotopic (exact) mass is 260 g/mol. The highest BCUT2D eigenvalue weighted by atomic mass is 19.3. The van der Waals surface area contributed by atoms with Crippen LogP contribution in [0, 0.1) is 0 Å². The second-order valence-corrected chi connectivity index (χ2v) is 4.10. The summed E-state index contributed by atoms with van der Waals surface area (Å²) in [7, 11) is 0. The lowest BCUT2D eigenvalue weighted by Gasteiger charge is -2.16. The van der Waals surface area contributed by atoms with Gasteiger partial charge < -0.3 is 14.6 Å². The van der Waals surface area contributed by atoms with Gasteiger partial charge in [-0.3, -0.25) is 0 Å². The molecule has 0 aliphatic carbocycles. The molecule has 2 atom stereocenters. The highest BCUT2D eigenvalue weighted by molar-refractivity contribution is 4.70. The first-order valence-corrected chi connectivity index (χ1v) is 5.45. The average molecular weight is 260 g/mol. The Morgan fingerprint density at radius 2 is 2.06 bits per heavy atom. The van der Waals surface area contributed by atoms with E-state index < -0.39 is 24.9 Å². The fourth-order valence-corrected chi connectivity index (χ4v) is 1.27. The molecule has 7 heteroatoms. The van der Waals surface area contributed by atoms with Crippen molar-refractivity contribution in [3.63, 3.8) is 0 Å². The minimum atomic E-state index is -3.97. The predicted molar refractivity (Wildman–Crippen MR) is 51.4 cm³/mol. The smallest absolute Gasteiger partial charge is 0.307 e. The number of alkyl halides is 4. The van der Waals surface area contributed by atoms with Gasteiger partial charge in [0.25, 0.3) is 0 Å². The summed E-state index contributed by atoms with van der Waals surface area (Å²) < 4.78 is 58.4. The van der Waals surface area contributed by atoms with E-state index in [1.165, 1.54) is 0 Å². The maximum absolute atomic E-state index is 12.5. The van der Waals surface area contributed by atoms with E-state index in [1.807, 2.05) is 0 Å². The molecule has 17 heavy (non-hydrogen) atoms. The number of aliphatic hydroxyl groups excluding tert-OH is 1. The molecule has 0 saturated carbocycles. The molecule has 1 rings (SSSR count). The molecule has 3 nitrogen and oxygen atoms in total. The molecule has 2 unspecified atom stereocenters. The lowest BCUT2D eigenvalue weighted by atomic mass is 10.1. The van der Waals surface area contributed by atoms with Crippen molar-refractivity contribution in [3.8, 4) is 0 Å². The number of hydrogen-bond donors (Lipinski definition) is 1. The zero-order valence-electron chi connectivity index (χ0n) is 9.25. The number of halogens is 4. The molecule has 0 aromatic carbocycles. The second kappa shape index (κ2) is 6.51. The van der Waals surface area contributed by atoms with E-state index in [-0.39, 0.29) is 25.6 Å². The fourth-order valence-electron chi connectivity index (χ4n) is 1.27. The quantitative estimate of drug-likeness (QED) is 0.508. The van der Waals surface area contributed by atoms with E-state index in [4.69, 9.17) is 9.47 Å². The Bertz CT molecular complexity index is 222. The Morgan fingerprint density at radius 1 is 1.41 bits per heavy atom. The van der Waals surface area contributed by atoms with Crippen LogP contribution in [0.3, 0.4) is 0 Å². The average Bonchev–Trinajstić information content (AvgIpc) is 3.01. The molecule has 1 aliphatic heterocycles. The van der Waals surface area contributed by atoms with Crippen LogP contribution in [-0.4, -0.2) is 49.5 Å². The van der Waals surface area contributed by atoms with Crippen LogP contribution in [0.5, 0.6) is 0 Å². The number of aliphatic hydroxyl groups is 1. The Morgan fingerprint density at radius 3 is 2.59 bits per heavy atom. The summed E-state index contributed by atoms with van der Waals surface area (Å²) in [5.74, 6) is -3.97. The summed E-state index contributed by atoms with van der Waals surface area (Å²) in [6, 6.07) is 0. The largest absolute Gasteiger partial charge is 0.391 e. The van der Waals surface area contributed by atoms with Gasteiger partial charge in [0.2, 0.25) is 0 Å². The predicted octanol–water partition coefficient (Wildman–Crippen LogP) is 1.83. The zero-order chi connectivity index (χ0) is 12.9. The minimum absolute atomic E-state index is 0.0140. The zero-order valence-corrected chi connectivity index (χ0v) is 9.25. The first-order chi connectivity index (χ1) is 7.92. The molecular formula is C10H16F4O3. The summed E-state index contributed by atoms with van der Waals surface area (Å²) in [4.78, 5) is 0. The Balaban J connectivity index is 2.00. The van der Waals surface area contributed by atoms with Crippen molar-refractivity contribution < 1.29 is 32.1 Å². The molecule has 1 N–H and O–H groups in total. The third kappa shape index (κ3) is 6.18. The highest BCUT2D eigenvalue weighted by Crippen LogP contribution is 2.28. The van der Waals surface area contributed by atoms with E-state index in [1.54, 1.807) is 0 Å². The van der Waals surface area contributed by atoms with E-state index in [2.05, 4.69) is 0 Å². The lowest BCUT2D eigenvalue weighted by Crippen LogP contribution is -2.27. The van der Waals surface area contributed by atoms with Crippen molar-refractivity contribution in [2.75, 3.05) is 19.8 Å². The molecule has 0 spiro atoms. The van der Waals surface area contributed by atoms with Crippen LogP contribution in [-0.2, 0) is 9.47 Å². The molecule has 102 valence electrons. The first-order valence-electron chi connectivity index (χ1n) is 5.45. The molecular weight excluding hydrogens is 244 g/mol. The molecule has 1 saturated heterocycles. The van der Waals surface area contributed by atoms with Crippen LogP contribution in [0.1, 0.15) is 19.3 Å². The van der Waals surface area contributed by atoms with Crippen LogP contribution in [0.25, 0.3) is 0 Å². The molecule has 0 bridgehead atoms. The van der Waals surface area contributed by atoms with E-state index in [0.717, 1.165) is 0 Å². The lowest BCUT2D eigenvalue weighted by molar-refractivity contribution is -0.134. The van der Waals surface area contributed by atoms with Gasteiger partial charge in [0.1, 0.15) is 6.10 Å². The minimum Gasteiger partial charge on any atom is -0.391 e. The van der Waals surface area contributed by atoms with Crippen molar-refractivity contribution in [2.45, 2.75) is 43.8 Å². The van der Waals surface area contributed by atoms with E-state index in [9.17, 15) is 22.7 Å². The standard InChI is InChI=1S/C10H16F4O3/c11-9(12)10(13,14)3-1-2-7(15)4-16-5-8-6-17-8/h7-9,15H,1-6H2. The molecule has 0 amide bonds. The SMILES string of the molecule is OC(CCCC(F)(F)C(F)F)COCC1CO1. The molecule has 1 aliphatic rings. The highest BCUT2D eigenvalue weighted by Gasteiger charge is 2.39. The number of ether oxygens (including phenoxy) is 2. The van der Waals surface area contributed by atoms with E-state index >= 15 is 0 Å². The fraction of sp³-hybridized carbons (Fsp3) is 1.00. The molecule has 0 aromatic heterocycles. The van der Waals surface area contributed by atoms with Crippen molar-refractivity contribution in [2.24, 2.45) is 0 Å². The van der Waals surface area contributed by atoms with Crippen LogP contribution >= 0.6 is 0 Å². The summed E-state index contributed by atoms with van der Waals surface area (Å²) in [6.07, 6.45) is -5.54. The van der Waals surface area contributed by atoms with Gasteiger partial charge in [-0.05, 0) is 12.8 Å². The van der Waals surface area contributed by atoms with Gasteiger partial charge in [-0.15, -0.1) is 0 Å². The number of rotatable bonds is 9. The second-order valence-electron chi connectivity index (χ2n) is 4.10. The summed E-state index contributed by atoms with van der Waals surface area (Å²) in [5, 5.41) is 9.32. The molecule has 1 heterocycles. The Kier molecular flexibility index (Phi) is 5.61. The Hall–Kier alpha value is -0.400. The van der Waals surface area contributed by atoms with Gasteiger partial charge in [-0.25, -0.2) is 17.6 Å². The Labute approximate surface area is 96.7 Å². The number of hydrogen-bond acceptors (Lipinski definition) is 3. The number of epoxide rings is 1. The first kappa shape index (κ1) is 14.7. The molecule has 1 fully saturated rings. The summed E-state index contributed by atoms with van der Waals surface area (Å²) in [5.41, 5.74) is 0. The van der Waals surface area contributed by atoms with Gasteiger partial charge in [0.15, 0.2) is 0 Å². The topological polar surface area (TPSA) is 42.0 Å². The van der Waals surface area contributed by atoms with Gasteiger partial charge >= 0.3 is 12.3 Å². The van der Waals surface area contributed by atoms with Gasteiger partial charge in [-0.2, -0.15) is 0 Å². The molecule has 0 radical (unpaired) electrons. The third-order valence-corrected chi connectivity index (χ3v) is 2.38. The maximum atomic E-state index is 12.5. The summed E-state index contributed by atoms with van der Waals surface area (Å²) >= 11 is 0. The van der Waals surface area contributed by atoms with Crippen LogP contribution in [0.15, 0.2) is 0 Å². The van der Waals surface area contributed by atoms with Crippen LogP contribution in [0.4, 0.5) is 17.6 Å². The van der Waals surface area contributed by atoms with E-state index in [0.29, 0.717) is 13.2 Å². The van der Waals surface area contributed by atoms with Gasteiger partial charge in [0.05, 0.1) is 25.9 Å². The summed E-state index contributed by atoms with van der Waals surface area (Å²) in [6.45, 7) is 1.01. The van der Waals surface area contributed by atoms with Crippen molar-refractivity contribution in [1.82, 2.24) is 0 Å². The van der Waals surface area contributed by atoms with Gasteiger partial charge in [-0.1, -0.05) is 0 Å². The maximum Gasteiger partial charge on any atom is 0.307 e. The normalized spacial score (nSPS) is 21.9. The van der Waals surface area contributed by atoms with Crippen molar-refractivity contribution in [3.05, 3.63) is 0 Å². The van der Waals surface area contributed by atoms with Crippen molar-refractivity contribution >= 4 is 0 Å². The molecule has 0 aromatic rings. The van der Waals surface area contributed by atoms with Crippen molar-refractivity contribution in [1.29, 1.82) is 0 Å².